The fourth-order valence-corrected chi connectivity index (χ4v) is 6.43. The molecule has 1 amide bonds. The first kappa shape index (κ1) is 29.2. The second kappa shape index (κ2) is 11.4. The van der Waals surface area contributed by atoms with E-state index in [1.54, 1.807) is 0 Å². The molecule has 2 aliphatic heterocycles. The number of benzene rings is 2. The Balaban J connectivity index is 1.37. The highest BCUT2D eigenvalue weighted by atomic mass is 32.2. The Bertz CT molecular complexity index is 1350. The molecule has 0 bridgehead atoms. The number of alkyl halides is 3. The van der Waals surface area contributed by atoms with Gasteiger partial charge < -0.3 is 15.5 Å². The minimum atomic E-state index is -4.53. The number of aliphatic hydroxyl groups excluding tert-OH is 2. The van der Waals surface area contributed by atoms with Gasteiger partial charge in [0.25, 0.3) is 5.91 Å². The van der Waals surface area contributed by atoms with Gasteiger partial charge in [0.1, 0.15) is 11.4 Å². The lowest BCUT2D eigenvalue weighted by molar-refractivity contribution is -0.137. The molecule has 12 heteroatoms. The maximum atomic E-state index is 13.1. The number of carbonyl (C=O) groups is 1. The molecule has 39 heavy (non-hydrogen) atoms. The normalized spacial score (nSPS) is 18.7. The topological polar surface area (TPSA) is 119 Å². The number of hydrogen-bond donors (Lipinski definition) is 3. The molecule has 0 aromatic heterocycles. The summed E-state index contributed by atoms with van der Waals surface area (Å²) in [5.41, 5.74) is 0.931. The SMILES string of the molecule is Cc1cc(CC[C@H](O)CO)ccc1CCS(=O)(=O)N1CCC2(CC1)N=C(c1cccc(C(F)(F)F)c1)NC2=O. The summed E-state index contributed by atoms with van der Waals surface area (Å²) in [6, 6.07) is 10.3. The van der Waals surface area contributed by atoms with Crippen LogP contribution in [-0.2, 0) is 33.8 Å². The van der Waals surface area contributed by atoms with Crippen molar-refractivity contribution in [3.8, 4) is 0 Å². The van der Waals surface area contributed by atoms with Gasteiger partial charge in [-0.3, -0.25) is 9.79 Å². The molecule has 0 radical (unpaired) electrons. The van der Waals surface area contributed by atoms with Crippen LogP contribution in [0.15, 0.2) is 47.5 Å². The van der Waals surface area contributed by atoms with E-state index in [0.29, 0.717) is 19.3 Å². The first-order valence-electron chi connectivity index (χ1n) is 12.8. The molecular formula is C27H32F3N3O5S. The summed E-state index contributed by atoms with van der Waals surface area (Å²) >= 11 is 0. The first-order chi connectivity index (χ1) is 18.3. The summed E-state index contributed by atoms with van der Waals surface area (Å²) in [4.78, 5) is 17.3. The minimum absolute atomic E-state index is 0.0622. The van der Waals surface area contributed by atoms with Gasteiger partial charge in [0, 0.05) is 18.7 Å². The van der Waals surface area contributed by atoms with Crippen molar-refractivity contribution in [1.29, 1.82) is 0 Å². The van der Waals surface area contributed by atoms with E-state index in [1.807, 2.05) is 25.1 Å². The quantitative estimate of drug-likeness (QED) is 0.431. The second-order valence-corrected chi connectivity index (χ2v) is 12.2. The van der Waals surface area contributed by atoms with E-state index < -0.39 is 39.3 Å². The van der Waals surface area contributed by atoms with E-state index in [2.05, 4.69) is 10.3 Å². The van der Waals surface area contributed by atoms with Gasteiger partial charge in [0.15, 0.2) is 0 Å². The van der Waals surface area contributed by atoms with Crippen LogP contribution in [0.5, 0.6) is 0 Å². The number of nitrogens with zero attached hydrogens (tertiary/aromatic N) is 2. The number of aliphatic hydroxyl groups is 2. The van der Waals surface area contributed by atoms with Crippen LogP contribution in [0, 0.1) is 6.92 Å². The summed E-state index contributed by atoms with van der Waals surface area (Å²) < 4.78 is 66.8. The number of sulfonamides is 1. The molecule has 1 fully saturated rings. The summed E-state index contributed by atoms with van der Waals surface area (Å²) in [5, 5.41) is 21.1. The number of rotatable bonds is 9. The van der Waals surface area contributed by atoms with Crippen LogP contribution in [0.3, 0.4) is 0 Å². The minimum Gasteiger partial charge on any atom is -0.394 e. The zero-order valence-corrected chi connectivity index (χ0v) is 22.4. The highest BCUT2D eigenvalue weighted by Gasteiger charge is 2.47. The first-order valence-corrected chi connectivity index (χ1v) is 14.4. The zero-order valence-electron chi connectivity index (χ0n) is 21.5. The van der Waals surface area contributed by atoms with Crippen LogP contribution in [0.1, 0.15) is 47.1 Å². The van der Waals surface area contributed by atoms with E-state index in [9.17, 15) is 31.5 Å². The summed E-state index contributed by atoms with van der Waals surface area (Å²) in [7, 11) is -3.62. The Labute approximate surface area is 225 Å². The highest BCUT2D eigenvalue weighted by molar-refractivity contribution is 7.89. The van der Waals surface area contributed by atoms with Crippen LogP contribution in [0.25, 0.3) is 0 Å². The van der Waals surface area contributed by atoms with E-state index in [4.69, 9.17) is 5.11 Å². The van der Waals surface area contributed by atoms with Gasteiger partial charge >= 0.3 is 6.18 Å². The second-order valence-electron chi connectivity index (χ2n) is 10.1. The monoisotopic (exact) mass is 567 g/mol. The molecule has 2 aromatic carbocycles. The van der Waals surface area contributed by atoms with Crippen LogP contribution in [0.4, 0.5) is 13.2 Å². The number of piperidine rings is 1. The highest BCUT2D eigenvalue weighted by Crippen LogP contribution is 2.34. The standard InChI is InChI=1S/C27H32F3N3O5S/c1-18-15-19(6-8-23(35)17-34)5-7-20(18)9-14-39(37,38)33-12-10-26(11-13-33)25(36)31-24(32-26)21-3-2-4-22(16-21)27(28,29)30/h2-5,7,15-16,23,34-35H,6,8-14,17H2,1H3,(H,31,32,36)/t23-/m0/s1. The number of aryl methyl sites for hydroxylation is 3. The molecule has 1 saturated heterocycles. The maximum absolute atomic E-state index is 13.1. The molecule has 1 spiro atoms. The Kier molecular flexibility index (Phi) is 8.50. The summed E-state index contributed by atoms with van der Waals surface area (Å²) in [6.07, 6.45) is -3.69. The smallest absolute Gasteiger partial charge is 0.394 e. The molecule has 2 heterocycles. The van der Waals surface area contributed by atoms with Crippen molar-refractivity contribution < 1.29 is 36.6 Å². The van der Waals surface area contributed by atoms with Crippen molar-refractivity contribution in [1.82, 2.24) is 9.62 Å². The number of carbonyl (C=O) groups excluding carboxylic acids is 1. The van der Waals surface area contributed by atoms with Gasteiger partial charge in [-0.25, -0.2) is 12.7 Å². The Hall–Kier alpha value is -2.80. The van der Waals surface area contributed by atoms with Crippen molar-refractivity contribution in [2.24, 2.45) is 4.99 Å². The molecule has 4 rings (SSSR count). The van der Waals surface area contributed by atoms with Gasteiger partial charge in [0.2, 0.25) is 10.0 Å². The number of amidine groups is 1. The van der Waals surface area contributed by atoms with Crippen molar-refractivity contribution in [3.63, 3.8) is 0 Å². The molecule has 0 aliphatic carbocycles. The largest absolute Gasteiger partial charge is 0.416 e. The Morgan fingerprint density at radius 3 is 2.49 bits per heavy atom. The lowest BCUT2D eigenvalue weighted by Crippen LogP contribution is -2.50. The van der Waals surface area contributed by atoms with Gasteiger partial charge in [-0.2, -0.15) is 13.2 Å². The summed E-state index contributed by atoms with van der Waals surface area (Å²) in [6.45, 7) is 1.78. The molecule has 0 unspecified atom stereocenters. The van der Waals surface area contributed by atoms with E-state index in [0.717, 1.165) is 28.8 Å². The number of aliphatic imine (C=N–C) groups is 1. The van der Waals surface area contributed by atoms with Crippen molar-refractivity contribution >= 4 is 21.8 Å². The molecule has 2 aromatic rings. The van der Waals surface area contributed by atoms with Crippen LogP contribution < -0.4 is 5.32 Å². The van der Waals surface area contributed by atoms with Crippen LogP contribution in [0.2, 0.25) is 0 Å². The third-order valence-electron chi connectivity index (χ3n) is 7.40. The molecular weight excluding hydrogens is 535 g/mol. The van der Waals surface area contributed by atoms with Crippen molar-refractivity contribution in [2.45, 2.75) is 56.8 Å². The summed E-state index contributed by atoms with van der Waals surface area (Å²) in [5.74, 6) is -0.477. The predicted molar refractivity (Wildman–Crippen MR) is 140 cm³/mol. The van der Waals surface area contributed by atoms with Crippen LogP contribution >= 0.6 is 0 Å². The average molecular weight is 568 g/mol. The fourth-order valence-electron chi connectivity index (χ4n) is 4.96. The van der Waals surface area contributed by atoms with Crippen molar-refractivity contribution in [2.75, 3.05) is 25.4 Å². The van der Waals surface area contributed by atoms with Crippen molar-refractivity contribution in [3.05, 3.63) is 70.3 Å². The van der Waals surface area contributed by atoms with Crippen LogP contribution in [-0.4, -0.2) is 71.8 Å². The Morgan fingerprint density at radius 2 is 1.85 bits per heavy atom. The third-order valence-corrected chi connectivity index (χ3v) is 9.27. The average Bonchev–Trinajstić information content (AvgIpc) is 3.21. The molecule has 212 valence electrons. The number of halogens is 3. The lowest BCUT2D eigenvalue weighted by atomic mass is 9.89. The van der Waals surface area contributed by atoms with E-state index in [-0.39, 0.29) is 49.7 Å². The van der Waals surface area contributed by atoms with E-state index in [1.165, 1.54) is 16.4 Å². The lowest BCUT2D eigenvalue weighted by Gasteiger charge is -2.34. The van der Waals surface area contributed by atoms with Gasteiger partial charge in [-0.1, -0.05) is 30.3 Å². The Morgan fingerprint density at radius 1 is 1.13 bits per heavy atom. The molecule has 1 atom stereocenters. The fraction of sp³-hybridized carbons (Fsp3) is 0.481. The molecule has 8 nitrogen and oxygen atoms in total. The number of hydrogen-bond acceptors (Lipinski definition) is 6. The maximum Gasteiger partial charge on any atom is 0.416 e. The van der Waals surface area contributed by atoms with Gasteiger partial charge in [-0.05, 0) is 67.9 Å². The molecule has 3 N–H and O–H groups in total. The zero-order chi connectivity index (χ0) is 28.4. The van der Waals surface area contributed by atoms with Gasteiger partial charge in [0.05, 0.1) is 24.0 Å². The molecule has 2 aliphatic rings. The predicted octanol–water partition coefficient (Wildman–Crippen LogP) is 2.58. The van der Waals surface area contributed by atoms with E-state index >= 15 is 0 Å². The molecule has 0 saturated carbocycles. The van der Waals surface area contributed by atoms with Gasteiger partial charge in [-0.15, -0.1) is 0 Å². The number of nitrogens with one attached hydrogen (secondary N) is 1. The third kappa shape index (κ3) is 6.68. The number of amides is 1.